The van der Waals surface area contributed by atoms with Gasteiger partial charge in [-0.25, -0.2) is 0 Å². The molecule has 35 heavy (non-hydrogen) atoms. The average molecular weight is 489 g/mol. The molecule has 2 fully saturated rings. The van der Waals surface area contributed by atoms with Crippen molar-refractivity contribution in [2.24, 2.45) is 5.92 Å². The third kappa shape index (κ3) is 5.52. The number of amides is 2. The topological polar surface area (TPSA) is 75.7 Å². The highest BCUT2D eigenvalue weighted by atomic mass is 32.1. The van der Waals surface area contributed by atoms with Gasteiger partial charge in [0.25, 0.3) is 11.8 Å². The minimum absolute atomic E-state index is 0.0132. The average Bonchev–Trinajstić information content (AvgIpc) is 3.56. The van der Waals surface area contributed by atoms with Gasteiger partial charge in [-0.2, -0.15) is 0 Å². The highest BCUT2D eigenvalue weighted by molar-refractivity contribution is 7.17. The van der Waals surface area contributed by atoms with Gasteiger partial charge in [0.15, 0.2) is 5.78 Å². The van der Waals surface area contributed by atoms with Crippen LogP contribution in [-0.2, 0) is 4.74 Å². The molecule has 1 aromatic heterocycles. The number of rotatable bonds is 7. The van der Waals surface area contributed by atoms with Gasteiger partial charge >= 0.3 is 0 Å². The van der Waals surface area contributed by atoms with Crippen molar-refractivity contribution in [2.45, 2.75) is 26.2 Å². The number of ketones is 1. The summed E-state index contributed by atoms with van der Waals surface area (Å²) < 4.78 is 5.32. The number of anilines is 1. The van der Waals surface area contributed by atoms with Crippen molar-refractivity contribution in [3.8, 4) is 10.4 Å². The van der Waals surface area contributed by atoms with E-state index in [1.54, 1.807) is 12.1 Å². The Morgan fingerprint density at radius 2 is 1.69 bits per heavy atom. The molecule has 0 atom stereocenters. The molecule has 1 aliphatic heterocycles. The van der Waals surface area contributed by atoms with Crippen LogP contribution in [0.25, 0.3) is 10.4 Å². The van der Waals surface area contributed by atoms with Gasteiger partial charge in [0.05, 0.1) is 18.1 Å². The molecule has 6 nitrogen and oxygen atoms in total. The van der Waals surface area contributed by atoms with E-state index in [-0.39, 0.29) is 17.6 Å². The molecule has 1 N–H and O–H groups in total. The first-order valence-corrected chi connectivity index (χ1v) is 12.8. The van der Waals surface area contributed by atoms with Crippen molar-refractivity contribution < 1.29 is 19.1 Å². The van der Waals surface area contributed by atoms with E-state index in [0.29, 0.717) is 60.3 Å². The van der Waals surface area contributed by atoms with Gasteiger partial charge in [0.2, 0.25) is 0 Å². The van der Waals surface area contributed by atoms with Crippen LogP contribution in [0.5, 0.6) is 0 Å². The zero-order valence-corrected chi connectivity index (χ0v) is 20.5. The van der Waals surface area contributed by atoms with Gasteiger partial charge in [0.1, 0.15) is 0 Å². The van der Waals surface area contributed by atoms with Crippen molar-refractivity contribution >= 4 is 34.6 Å². The molecular formula is C28H28N2O4S. The van der Waals surface area contributed by atoms with Gasteiger partial charge in [0, 0.05) is 41.2 Å². The van der Waals surface area contributed by atoms with Crippen LogP contribution in [0, 0.1) is 12.8 Å². The van der Waals surface area contributed by atoms with Crippen LogP contribution in [0.1, 0.15) is 55.2 Å². The summed E-state index contributed by atoms with van der Waals surface area (Å²) in [6.07, 6.45) is 2.85. The molecule has 0 spiro atoms. The first-order valence-electron chi connectivity index (χ1n) is 12.0. The van der Waals surface area contributed by atoms with Crippen LogP contribution in [0.2, 0.25) is 0 Å². The van der Waals surface area contributed by atoms with Crippen LogP contribution in [0.4, 0.5) is 5.69 Å². The van der Waals surface area contributed by atoms with E-state index in [1.165, 1.54) is 11.3 Å². The van der Waals surface area contributed by atoms with Gasteiger partial charge in [-0.1, -0.05) is 24.3 Å². The van der Waals surface area contributed by atoms with Gasteiger partial charge < -0.3 is 15.0 Å². The van der Waals surface area contributed by atoms with E-state index in [4.69, 9.17) is 4.74 Å². The van der Waals surface area contributed by atoms with E-state index in [0.717, 1.165) is 28.8 Å². The summed E-state index contributed by atoms with van der Waals surface area (Å²) in [5.74, 6) is 0.476. The number of aryl methyl sites for hydroxylation is 1. The van der Waals surface area contributed by atoms with Crippen LogP contribution >= 0.6 is 11.3 Å². The second-order valence-corrected chi connectivity index (χ2v) is 10.3. The molecule has 0 radical (unpaired) electrons. The number of nitrogens with one attached hydrogen (secondary N) is 1. The molecule has 180 valence electrons. The fourth-order valence-electron chi connectivity index (χ4n) is 4.16. The quantitative estimate of drug-likeness (QED) is 0.450. The number of morpholine rings is 1. The molecule has 0 bridgehead atoms. The summed E-state index contributed by atoms with van der Waals surface area (Å²) in [6.45, 7) is 4.29. The SMILES string of the molecule is Cc1ccc(C(=O)CC2CC2)cc1NC(=O)c1ccc(-c2ccc(C(=O)N3CCOCC3)cc2)s1. The molecule has 5 rings (SSSR count). The maximum atomic E-state index is 13.0. The Kier molecular flexibility index (Phi) is 6.79. The lowest BCUT2D eigenvalue weighted by Crippen LogP contribution is -2.40. The summed E-state index contributed by atoms with van der Waals surface area (Å²) in [4.78, 5) is 41.4. The Labute approximate surface area is 208 Å². The zero-order chi connectivity index (χ0) is 24.4. The van der Waals surface area contributed by atoms with E-state index < -0.39 is 0 Å². The van der Waals surface area contributed by atoms with Crippen LogP contribution < -0.4 is 5.32 Å². The number of carbonyl (C=O) groups excluding carboxylic acids is 3. The fraction of sp³-hybridized carbons (Fsp3) is 0.321. The predicted molar refractivity (Wildman–Crippen MR) is 137 cm³/mol. The highest BCUT2D eigenvalue weighted by Crippen LogP contribution is 2.34. The minimum atomic E-state index is -0.199. The predicted octanol–water partition coefficient (Wildman–Crippen LogP) is 5.43. The van der Waals surface area contributed by atoms with Crippen molar-refractivity contribution in [1.29, 1.82) is 0 Å². The number of Topliss-reactive ketones (excluding diaryl/α,β-unsaturated/α-hetero) is 1. The molecule has 3 aromatic rings. The lowest BCUT2D eigenvalue weighted by Gasteiger charge is -2.26. The van der Waals surface area contributed by atoms with Crippen molar-refractivity contribution in [1.82, 2.24) is 4.90 Å². The smallest absolute Gasteiger partial charge is 0.265 e. The number of hydrogen-bond donors (Lipinski definition) is 1. The first-order chi connectivity index (χ1) is 17.0. The lowest BCUT2D eigenvalue weighted by molar-refractivity contribution is 0.0303. The maximum absolute atomic E-state index is 13.0. The summed E-state index contributed by atoms with van der Waals surface area (Å²) >= 11 is 1.40. The van der Waals surface area contributed by atoms with Gasteiger partial charge in [-0.05, 0) is 67.1 Å². The van der Waals surface area contributed by atoms with Crippen molar-refractivity contribution in [2.75, 3.05) is 31.6 Å². The molecule has 1 aliphatic carbocycles. The monoisotopic (exact) mass is 488 g/mol. The van der Waals surface area contributed by atoms with E-state index in [1.807, 2.05) is 54.3 Å². The number of benzene rings is 2. The number of nitrogens with zero attached hydrogens (tertiary/aromatic N) is 1. The molecule has 1 saturated carbocycles. The Balaban J connectivity index is 1.26. The first kappa shape index (κ1) is 23.5. The third-order valence-electron chi connectivity index (χ3n) is 6.52. The van der Waals surface area contributed by atoms with Crippen molar-refractivity contribution in [3.05, 3.63) is 76.2 Å². The Morgan fingerprint density at radius 3 is 2.40 bits per heavy atom. The number of thiophene rings is 1. The normalized spacial score (nSPS) is 15.6. The Hall–Kier alpha value is -3.29. The van der Waals surface area contributed by atoms with Gasteiger partial charge in [-0.15, -0.1) is 11.3 Å². The van der Waals surface area contributed by atoms with Crippen LogP contribution in [-0.4, -0.2) is 48.8 Å². The van der Waals surface area contributed by atoms with E-state index >= 15 is 0 Å². The van der Waals surface area contributed by atoms with Gasteiger partial charge in [-0.3, -0.25) is 14.4 Å². The third-order valence-corrected chi connectivity index (χ3v) is 7.66. The summed E-state index contributed by atoms with van der Waals surface area (Å²) in [6, 6.07) is 16.7. The molecule has 1 saturated heterocycles. The molecule has 0 unspecified atom stereocenters. The molecular weight excluding hydrogens is 460 g/mol. The second-order valence-electron chi connectivity index (χ2n) is 9.20. The maximum Gasteiger partial charge on any atom is 0.265 e. The zero-order valence-electron chi connectivity index (χ0n) is 19.7. The highest BCUT2D eigenvalue weighted by Gasteiger charge is 2.25. The summed E-state index contributed by atoms with van der Waals surface area (Å²) in [5, 5.41) is 2.97. The lowest BCUT2D eigenvalue weighted by atomic mass is 10.0. The number of ether oxygens (including phenoxy) is 1. The van der Waals surface area contributed by atoms with E-state index in [2.05, 4.69) is 5.32 Å². The number of carbonyl (C=O) groups is 3. The van der Waals surface area contributed by atoms with Crippen LogP contribution in [0.15, 0.2) is 54.6 Å². The van der Waals surface area contributed by atoms with Crippen molar-refractivity contribution in [3.63, 3.8) is 0 Å². The Morgan fingerprint density at radius 1 is 0.971 bits per heavy atom. The molecule has 2 amide bonds. The van der Waals surface area contributed by atoms with E-state index in [9.17, 15) is 14.4 Å². The largest absolute Gasteiger partial charge is 0.378 e. The molecule has 2 aromatic carbocycles. The Bertz CT molecular complexity index is 1250. The molecule has 7 heteroatoms. The van der Waals surface area contributed by atoms with Crippen LogP contribution in [0.3, 0.4) is 0 Å². The second kappa shape index (κ2) is 10.1. The molecule has 2 heterocycles. The number of hydrogen-bond acceptors (Lipinski definition) is 5. The minimum Gasteiger partial charge on any atom is -0.378 e. The molecule has 2 aliphatic rings. The summed E-state index contributed by atoms with van der Waals surface area (Å²) in [5.41, 5.74) is 3.83. The fourth-order valence-corrected chi connectivity index (χ4v) is 5.06. The standard InChI is InChI=1S/C28H28N2O4S/c1-18-2-5-22(24(31)16-19-3-4-19)17-23(18)29-27(32)26-11-10-25(35-26)20-6-8-21(9-7-20)28(33)30-12-14-34-15-13-30/h2,5-11,17,19H,3-4,12-16H2,1H3,(H,29,32). The summed E-state index contributed by atoms with van der Waals surface area (Å²) in [7, 11) is 0.